The van der Waals surface area contributed by atoms with Crippen molar-refractivity contribution in [2.45, 2.75) is 65.2 Å². The van der Waals surface area contributed by atoms with Gasteiger partial charge in [-0.25, -0.2) is 0 Å². The lowest BCUT2D eigenvalue weighted by atomic mass is 9.55. The zero-order valence-corrected chi connectivity index (χ0v) is 13.8. The lowest BCUT2D eigenvalue weighted by molar-refractivity contribution is -0.152. The van der Waals surface area contributed by atoms with Gasteiger partial charge in [0.25, 0.3) is 0 Å². The summed E-state index contributed by atoms with van der Waals surface area (Å²) in [4.78, 5) is 23.0. The predicted octanol–water partition coefficient (Wildman–Crippen LogP) is 4.04. The summed E-state index contributed by atoms with van der Waals surface area (Å²) in [6.45, 7) is 4.29. The number of rotatable bonds is 6. The standard InChI is InChI=1S/C18H30O4/c1-3-5-6-15-13(4-2)16(18(21)22)10-12-9-11(17(19)20)7-8-14(12)15/h11-16H,3-10H2,1-2H3,(H,19,20)(H,21,22). The van der Waals surface area contributed by atoms with Crippen LogP contribution < -0.4 is 0 Å². The number of unbranched alkanes of at least 4 members (excludes halogenated alkanes) is 1. The third-order valence-electron chi connectivity index (χ3n) is 6.24. The fourth-order valence-electron chi connectivity index (χ4n) is 5.20. The lowest BCUT2D eigenvalue weighted by Gasteiger charge is -2.49. The molecule has 0 bridgehead atoms. The highest BCUT2D eigenvalue weighted by atomic mass is 16.4. The van der Waals surface area contributed by atoms with E-state index in [9.17, 15) is 19.8 Å². The quantitative estimate of drug-likeness (QED) is 0.776. The number of carboxylic acid groups (broad SMARTS) is 2. The van der Waals surface area contributed by atoms with Crippen LogP contribution in [0.3, 0.4) is 0 Å². The van der Waals surface area contributed by atoms with Crippen molar-refractivity contribution in [1.29, 1.82) is 0 Å². The highest BCUT2D eigenvalue weighted by Gasteiger charge is 2.48. The van der Waals surface area contributed by atoms with Crippen molar-refractivity contribution in [3.05, 3.63) is 0 Å². The smallest absolute Gasteiger partial charge is 0.306 e. The molecule has 2 saturated carbocycles. The van der Waals surface area contributed by atoms with E-state index in [4.69, 9.17) is 0 Å². The van der Waals surface area contributed by atoms with Crippen molar-refractivity contribution in [3.8, 4) is 0 Å². The van der Waals surface area contributed by atoms with Crippen LogP contribution in [0.5, 0.6) is 0 Å². The fourth-order valence-corrected chi connectivity index (χ4v) is 5.20. The molecule has 2 N–H and O–H groups in total. The van der Waals surface area contributed by atoms with E-state index in [0.717, 1.165) is 38.5 Å². The first kappa shape index (κ1) is 17.3. The largest absolute Gasteiger partial charge is 0.481 e. The molecule has 0 aromatic carbocycles. The summed E-state index contributed by atoms with van der Waals surface area (Å²) in [5.74, 6) is -0.340. The van der Waals surface area contributed by atoms with Crippen LogP contribution in [0.25, 0.3) is 0 Å². The maximum atomic E-state index is 11.7. The SMILES string of the molecule is CCCCC1C2CCC(C(=O)O)CC2CC(C(=O)O)C1CC. The number of fused-ring (bicyclic) bond motifs is 1. The zero-order valence-electron chi connectivity index (χ0n) is 13.8. The number of aliphatic carboxylic acids is 2. The van der Waals surface area contributed by atoms with Crippen LogP contribution >= 0.6 is 0 Å². The molecule has 2 fully saturated rings. The minimum Gasteiger partial charge on any atom is -0.481 e. The number of carbonyl (C=O) groups is 2. The molecule has 2 aliphatic carbocycles. The highest BCUT2D eigenvalue weighted by molar-refractivity contribution is 5.71. The van der Waals surface area contributed by atoms with Crippen molar-refractivity contribution in [3.63, 3.8) is 0 Å². The second-order valence-electron chi connectivity index (χ2n) is 7.33. The van der Waals surface area contributed by atoms with Crippen molar-refractivity contribution in [1.82, 2.24) is 0 Å². The first-order chi connectivity index (χ1) is 10.5. The highest BCUT2D eigenvalue weighted by Crippen LogP contribution is 2.52. The number of hydrogen-bond acceptors (Lipinski definition) is 2. The van der Waals surface area contributed by atoms with Gasteiger partial charge < -0.3 is 10.2 Å². The molecule has 0 aliphatic heterocycles. The minimum absolute atomic E-state index is 0.263. The van der Waals surface area contributed by atoms with Gasteiger partial charge >= 0.3 is 11.9 Å². The normalized spacial score (nSPS) is 38.3. The molecule has 126 valence electrons. The topological polar surface area (TPSA) is 74.6 Å². The first-order valence-corrected chi connectivity index (χ1v) is 8.95. The van der Waals surface area contributed by atoms with Gasteiger partial charge in [0.1, 0.15) is 0 Å². The van der Waals surface area contributed by atoms with Gasteiger partial charge in [0.05, 0.1) is 11.8 Å². The molecular formula is C18H30O4. The van der Waals surface area contributed by atoms with Crippen LogP contribution in [0.4, 0.5) is 0 Å². The molecule has 0 spiro atoms. The summed E-state index contributed by atoms with van der Waals surface area (Å²) in [6, 6.07) is 0. The molecule has 2 aliphatic rings. The second-order valence-corrected chi connectivity index (χ2v) is 7.33. The summed E-state index contributed by atoms with van der Waals surface area (Å²) in [6.07, 6.45) is 7.44. The Bertz CT molecular complexity index is 406. The maximum Gasteiger partial charge on any atom is 0.306 e. The van der Waals surface area contributed by atoms with Gasteiger partial charge in [-0.1, -0.05) is 33.1 Å². The van der Waals surface area contributed by atoms with E-state index in [1.165, 1.54) is 0 Å². The molecular weight excluding hydrogens is 280 g/mol. The molecule has 0 radical (unpaired) electrons. The van der Waals surface area contributed by atoms with Gasteiger partial charge in [-0.3, -0.25) is 9.59 Å². The molecule has 2 rings (SSSR count). The predicted molar refractivity (Wildman–Crippen MR) is 84.5 cm³/mol. The Labute approximate surface area is 133 Å². The number of carboxylic acids is 2. The molecule has 6 unspecified atom stereocenters. The molecule has 0 aromatic heterocycles. The Hall–Kier alpha value is -1.06. The molecule has 4 heteroatoms. The molecule has 0 aromatic rings. The van der Waals surface area contributed by atoms with E-state index in [1.54, 1.807) is 0 Å². The summed E-state index contributed by atoms with van der Waals surface area (Å²) < 4.78 is 0. The molecule has 4 nitrogen and oxygen atoms in total. The summed E-state index contributed by atoms with van der Waals surface area (Å²) in [7, 11) is 0. The molecule has 0 amide bonds. The lowest BCUT2D eigenvalue weighted by Crippen LogP contribution is -2.46. The Kier molecular flexibility index (Phi) is 5.87. The zero-order chi connectivity index (χ0) is 16.3. The van der Waals surface area contributed by atoms with E-state index in [-0.39, 0.29) is 17.8 Å². The van der Waals surface area contributed by atoms with Crippen LogP contribution in [0, 0.1) is 35.5 Å². The second kappa shape index (κ2) is 7.47. The van der Waals surface area contributed by atoms with Crippen molar-refractivity contribution in [2.75, 3.05) is 0 Å². The van der Waals surface area contributed by atoms with E-state index in [2.05, 4.69) is 13.8 Å². The molecule has 22 heavy (non-hydrogen) atoms. The Morgan fingerprint density at radius 2 is 1.73 bits per heavy atom. The Morgan fingerprint density at radius 1 is 1.00 bits per heavy atom. The van der Waals surface area contributed by atoms with Crippen LogP contribution in [-0.4, -0.2) is 22.2 Å². The Morgan fingerprint density at radius 3 is 2.27 bits per heavy atom. The summed E-state index contributed by atoms with van der Waals surface area (Å²) >= 11 is 0. The molecule has 6 atom stereocenters. The van der Waals surface area contributed by atoms with Crippen molar-refractivity contribution >= 4 is 11.9 Å². The minimum atomic E-state index is -0.701. The van der Waals surface area contributed by atoms with Crippen molar-refractivity contribution in [2.24, 2.45) is 35.5 Å². The van der Waals surface area contributed by atoms with E-state index >= 15 is 0 Å². The molecule has 0 saturated heterocycles. The van der Waals surface area contributed by atoms with Crippen LogP contribution in [0.1, 0.15) is 65.2 Å². The van der Waals surface area contributed by atoms with Gasteiger partial charge in [-0.15, -0.1) is 0 Å². The summed E-state index contributed by atoms with van der Waals surface area (Å²) in [5.41, 5.74) is 0. The van der Waals surface area contributed by atoms with Crippen LogP contribution in [0.2, 0.25) is 0 Å². The van der Waals surface area contributed by atoms with Crippen LogP contribution in [0.15, 0.2) is 0 Å². The van der Waals surface area contributed by atoms with E-state index < -0.39 is 11.9 Å². The monoisotopic (exact) mass is 310 g/mol. The van der Waals surface area contributed by atoms with Crippen LogP contribution in [-0.2, 0) is 9.59 Å². The van der Waals surface area contributed by atoms with Gasteiger partial charge in [-0.05, 0) is 55.8 Å². The van der Waals surface area contributed by atoms with Gasteiger partial charge in [0.15, 0.2) is 0 Å². The fraction of sp³-hybridized carbons (Fsp3) is 0.889. The molecule has 0 heterocycles. The van der Waals surface area contributed by atoms with E-state index in [1.807, 2.05) is 0 Å². The first-order valence-electron chi connectivity index (χ1n) is 8.95. The van der Waals surface area contributed by atoms with Crippen molar-refractivity contribution < 1.29 is 19.8 Å². The maximum absolute atomic E-state index is 11.7. The summed E-state index contributed by atoms with van der Waals surface area (Å²) in [5, 5.41) is 18.9. The third kappa shape index (κ3) is 3.47. The average Bonchev–Trinajstić information content (AvgIpc) is 2.50. The Balaban J connectivity index is 2.20. The van der Waals surface area contributed by atoms with E-state index in [0.29, 0.717) is 30.6 Å². The van der Waals surface area contributed by atoms with Gasteiger partial charge in [0, 0.05) is 0 Å². The van der Waals surface area contributed by atoms with Gasteiger partial charge in [-0.2, -0.15) is 0 Å². The van der Waals surface area contributed by atoms with Gasteiger partial charge in [0.2, 0.25) is 0 Å². The average molecular weight is 310 g/mol. The number of hydrogen-bond donors (Lipinski definition) is 2. The third-order valence-corrected chi connectivity index (χ3v) is 6.24.